The fourth-order valence-electron chi connectivity index (χ4n) is 2.90. The van der Waals surface area contributed by atoms with Crippen molar-refractivity contribution in [3.05, 3.63) is 11.9 Å². The molecule has 2 saturated heterocycles. The van der Waals surface area contributed by atoms with Gasteiger partial charge in [-0.25, -0.2) is 4.68 Å². The molecule has 3 heterocycles. The predicted molar refractivity (Wildman–Crippen MR) is 84.3 cm³/mol. The molecule has 0 radical (unpaired) electrons. The second-order valence-electron chi connectivity index (χ2n) is 5.76. The van der Waals surface area contributed by atoms with Crippen molar-refractivity contribution in [1.82, 2.24) is 25.6 Å². The zero-order chi connectivity index (χ0) is 14.5. The highest BCUT2D eigenvalue weighted by molar-refractivity contribution is 5.91. The lowest BCUT2D eigenvalue weighted by molar-refractivity contribution is 0.0168. The average molecular weight is 330 g/mol. The Morgan fingerprint density at radius 1 is 1.36 bits per heavy atom. The molecule has 1 aromatic heterocycles. The van der Waals surface area contributed by atoms with Gasteiger partial charge >= 0.3 is 0 Å². The number of ether oxygens (including phenoxy) is 1. The van der Waals surface area contributed by atoms with Gasteiger partial charge in [0, 0.05) is 13.2 Å². The van der Waals surface area contributed by atoms with Gasteiger partial charge in [0.15, 0.2) is 5.69 Å². The lowest BCUT2D eigenvalue weighted by atomic mass is 10.1. The van der Waals surface area contributed by atoms with Crippen LogP contribution in [0.25, 0.3) is 0 Å². The smallest absolute Gasteiger partial charge is 0.273 e. The van der Waals surface area contributed by atoms with Gasteiger partial charge < -0.3 is 15.4 Å². The largest absolute Gasteiger partial charge is 0.376 e. The van der Waals surface area contributed by atoms with Crippen LogP contribution in [0.2, 0.25) is 0 Å². The minimum atomic E-state index is -0.163. The lowest BCUT2D eigenvalue weighted by Crippen LogP contribution is -2.35. The molecule has 0 spiro atoms. The van der Waals surface area contributed by atoms with Crippen molar-refractivity contribution < 1.29 is 9.53 Å². The third-order valence-electron chi connectivity index (χ3n) is 4.19. The van der Waals surface area contributed by atoms with E-state index in [0.29, 0.717) is 18.3 Å². The summed E-state index contributed by atoms with van der Waals surface area (Å²) in [5.74, 6) is -0.163. The molecule has 1 unspecified atom stereocenters. The number of hydrogen-bond acceptors (Lipinski definition) is 5. The molecule has 2 aliphatic heterocycles. The maximum absolute atomic E-state index is 12.1. The summed E-state index contributed by atoms with van der Waals surface area (Å²) >= 11 is 0. The molecule has 3 rings (SSSR count). The number of piperidine rings is 1. The van der Waals surface area contributed by atoms with Crippen molar-refractivity contribution in [3.63, 3.8) is 0 Å². The number of hydrogen-bond donors (Lipinski definition) is 2. The van der Waals surface area contributed by atoms with E-state index < -0.39 is 0 Å². The number of amides is 1. The van der Waals surface area contributed by atoms with E-state index in [1.165, 1.54) is 6.42 Å². The maximum atomic E-state index is 12.1. The Labute approximate surface area is 136 Å². The van der Waals surface area contributed by atoms with Crippen LogP contribution in [0.1, 0.15) is 48.6 Å². The minimum absolute atomic E-state index is 0. The van der Waals surface area contributed by atoms with E-state index >= 15 is 0 Å². The number of aromatic nitrogens is 3. The Morgan fingerprint density at radius 2 is 2.18 bits per heavy atom. The van der Waals surface area contributed by atoms with Gasteiger partial charge in [-0.3, -0.25) is 4.79 Å². The van der Waals surface area contributed by atoms with E-state index in [-0.39, 0.29) is 24.4 Å². The first-order valence-electron chi connectivity index (χ1n) is 7.85. The van der Waals surface area contributed by atoms with Crippen molar-refractivity contribution in [3.8, 4) is 0 Å². The first-order valence-corrected chi connectivity index (χ1v) is 7.85. The number of rotatable bonds is 4. The zero-order valence-corrected chi connectivity index (χ0v) is 13.5. The molecule has 0 aliphatic carbocycles. The summed E-state index contributed by atoms with van der Waals surface area (Å²) in [4.78, 5) is 12.1. The molecular weight excluding hydrogens is 306 g/mol. The first kappa shape index (κ1) is 17.2. The van der Waals surface area contributed by atoms with Gasteiger partial charge in [-0.05, 0) is 45.2 Å². The van der Waals surface area contributed by atoms with Crippen molar-refractivity contribution >= 4 is 18.3 Å². The maximum Gasteiger partial charge on any atom is 0.273 e. The van der Waals surface area contributed by atoms with Crippen LogP contribution in [0, 0.1) is 0 Å². The summed E-state index contributed by atoms with van der Waals surface area (Å²) in [5.41, 5.74) is 0.393. The minimum Gasteiger partial charge on any atom is -0.376 e. The number of nitrogens with one attached hydrogen (secondary N) is 2. The molecule has 8 heteroatoms. The quantitative estimate of drug-likeness (QED) is 0.858. The molecule has 2 N–H and O–H groups in total. The van der Waals surface area contributed by atoms with E-state index in [4.69, 9.17) is 4.74 Å². The van der Waals surface area contributed by atoms with Gasteiger partial charge in [0.05, 0.1) is 18.3 Å². The highest BCUT2D eigenvalue weighted by Gasteiger charge is 2.20. The molecule has 22 heavy (non-hydrogen) atoms. The van der Waals surface area contributed by atoms with E-state index in [1.54, 1.807) is 6.20 Å². The molecule has 7 nitrogen and oxygen atoms in total. The molecule has 1 atom stereocenters. The normalized spacial score (nSPS) is 22.8. The SMILES string of the molecule is Cl.O=C(NCC1CCCCO1)c1cn(C2CCNCC2)nn1. The van der Waals surface area contributed by atoms with Crippen LogP contribution < -0.4 is 10.6 Å². The van der Waals surface area contributed by atoms with Gasteiger partial charge in [0.2, 0.25) is 0 Å². The number of nitrogens with zero attached hydrogens (tertiary/aromatic N) is 3. The van der Waals surface area contributed by atoms with Crippen molar-refractivity contribution in [2.75, 3.05) is 26.2 Å². The second-order valence-corrected chi connectivity index (χ2v) is 5.76. The fraction of sp³-hybridized carbons (Fsp3) is 0.786. The number of carbonyl (C=O) groups excluding carboxylic acids is 1. The molecule has 2 aliphatic rings. The molecule has 124 valence electrons. The van der Waals surface area contributed by atoms with E-state index in [1.807, 2.05) is 4.68 Å². The number of halogens is 1. The Bertz CT molecular complexity index is 470. The summed E-state index contributed by atoms with van der Waals surface area (Å²) in [6.07, 6.45) is 7.26. The molecule has 2 fully saturated rings. The van der Waals surface area contributed by atoms with Crippen LogP contribution in [0.5, 0.6) is 0 Å². The summed E-state index contributed by atoms with van der Waals surface area (Å²) in [6.45, 7) is 3.33. The average Bonchev–Trinajstić information content (AvgIpc) is 3.04. The van der Waals surface area contributed by atoms with E-state index in [9.17, 15) is 4.79 Å². The molecule has 0 aromatic carbocycles. The Morgan fingerprint density at radius 3 is 2.91 bits per heavy atom. The molecule has 0 saturated carbocycles. The third kappa shape index (κ3) is 4.41. The van der Waals surface area contributed by atoms with Crippen LogP contribution in [0.15, 0.2) is 6.20 Å². The van der Waals surface area contributed by atoms with Gasteiger partial charge in [-0.15, -0.1) is 17.5 Å². The second kappa shape index (κ2) is 8.45. The van der Waals surface area contributed by atoms with Crippen molar-refractivity contribution in [1.29, 1.82) is 0 Å². The third-order valence-corrected chi connectivity index (χ3v) is 4.19. The van der Waals surface area contributed by atoms with Gasteiger partial charge in [0.25, 0.3) is 5.91 Å². The predicted octanol–water partition coefficient (Wildman–Crippen LogP) is 0.923. The Hall–Kier alpha value is -1.18. The highest BCUT2D eigenvalue weighted by Crippen LogP contribution is 2.17. The van der Waals surface area contributed by atoms with Gasteiger partial charge in [-0.1, -0.05) is 5.21 Å². The fourth-order valence-corrected chi connectivity index (χ4v) is 2.90. The summed E-state index contributed by atoms with van der Waals surface area (Å²) in [7, 11) is 0. The number of carbonyl (C=O) groups is 1. The summed E-state index contributed by atoms with van der Waals surface area (Å²) in [6, 6.07) is 0.349. The van der Waals surface area contributed by atoms with Crippen LogP contribution >= 0.6 is 12.4 Å². The lowest BCUT2D eigenvalue weighted by Gasteiger charge is -2.22. The van der Waals surface area contributed by atoms with Gasteiger partial charge in [-0.2, -0.15) is 0 Å². The molecule has 1 amide bonds. The van der Waals surface area contributed by atoms with Gasteiger partial charge in [0.1, 0.15) is 0 Å². The first-order chi connectivity index (χ1) is 10.3. The standard InChI is InChI=1S/C14H23N5O2.ClH/c20-14(16-9-12-3-1-2-8-21-12)13-10-19(18-17-13)11-4-6-15-7-5-11;/h10-12,15H,1-9H2,(H,16,20);1H. The van der Waals surface area contributed by atoms with Crippen molar-refractivity contribution in [2.45, 2.75) is 44.2 Å². The van der Waals surface area contributed by atoms with Crippen LogP contribution in [0.4, 0.5) is 0 Å². The molecule has 0 bridgehead atoms. The topological polar surface area (TPSA) is 81.1 Å². The van der Waals surface area contributed by atoms with E-state index in [2.05, 4.69) is 20.9 Å². The van der Waals surface area contributed by atoms with Crippen LogP contribution in [-0.4, -0.2) is 53.2 Å². The van der Waals surface area contributed by atoms with E-state index in [0.717, 1.165) is 45.4 Å². The summed E-state index contributed by atoms with van der Waals surface area (Å²) in [5, 5.41) is 14.3. The highest BCUT2D eigenvalue weighted by atomic mass is 35.5. The molecular formula is C14H24ClN5O2. The zero-order valence-electron chi connectivity index (χ0n) is 12.7. The monoisotopic (exact) mass is 329 g/mol. The Balaban J connectivity index is 0.00000176. The van der Waals surface area contributed by atoms with Crippen molar-refractivity contribution in [2.24, 2.45) is 0 Å². The summed E-state index contributed by atoms with van der Waals surface area (Å²) < 4.78 is 7.43. The Kier molecular flexibility index (Phi) is 6.60. The molecule has 1 aromatic rings. The van der Waals surface area contributed by atoms with Crippen LogP contribution in [-0.2, 0) is 4.74 Å². The van der Waals surface area contributed by atoms with Crippen LogP contribution in [0.3, 0.4) is 0 Å².